The van der Waals surface area contributed by atoms with Gasteiger partial charge in [0.2, 0.25) is 5.91 Å². The van der Waals surface area contributed by atoms with Crippen LogP contribution in [0.4, 0.5) is 0 Å². The predicted molar refractivity (Wildman–Crippen MR) is 304 cm³/mol. The first-order valence-electron chi connectivity index (χ1n) is 30.9. The van der Waals surface area contributed by atoms with Crippen molar-refractivity contribution in [3.63, 3.8) is 0 Å². The normalized spacial score (nSPS) is 25.2. The fourth-order valence-corrected chi connectivity index (χ4v) is 10.1. The maximum absolute atomic E-state index is 13.3. The fourth-order valence-electron chi connectivity index (χ4n) is 10.1. The molecule has 14 nitrogen and oxygen atoms in total. The molecule has 2 aliphatic rings. The van der Waals surface area contributed by atoms with E-state index in [1.165, 1.54) is 135 Å². The summed E-state index contributed by atoms with van der Waals surface area (Å²) in [5, 5.41) is 87.3. The molecule has 2 fully saturated rings. The van der Waals surface area contributed by atoms with Crippen LogP contribution in [0.2, 0.25) is 0 Å². The number of allylic oxidation sites excluding steroid dienone is 8. The Kier molecular flexibility index (Phi) is 44.0. The zero-order chi connectivity index (χ0) is 55.3. The van der Waals surface area contributed by atoms with Crippen molar-refractivity contribution in [2.24, 2.45) is 0 Å². The van der Waals surface area contributed by atoms with Crippen LogP contribution in [0, 0.1) is 0 Å². The highest BCUT2D eigenvalue weighted by Gasteiger charge is 2.51. The Morgan fingerprint density at radius 3 is 1.39 bits per heavy atom. The van der Waals surface area contributed by atoms with Gasteiger partial charge in [-0.05, 0) is 51.4 Å². The predicted octanol–water partition coefficient (Wildman–Crippen LogP) is 10.8. The molecule has 12 atom stereocenters. The van der Waals surface area contributed by atoms with Crippen molar-refractivity contribution in [1.29, 1.82) is 0 Å². The van der Waals surface area contributed by atoms with Gasteiger partial charge in [0.1, 0.15) is 48.8 Å². The molecule has 0 saturated carbocycles. The van der Waals surface area contributed by atoms with Gasteiger partial charge in [-0.1, -0.05) is 236 Å². The second-order valence-corrected chi connectivity index (χ2v) is 21.8. The molecule has 2 heterocycles. The van der Waals surface area contributed by atoms with Crippen LogP contribution in [0.5, 0.6) is 0 Å². The highest BCUT2D eigenvalue weighted by molar-refractivity contribution is 5.76. The third-order valence-corrected chi connectivity index (χ3v) is 15.1. The molecule has 12 unspecified atom stereocenters. The molecule has 0 bridgehead atoms. The Morgan fingerprint density at radius 1 is 0.487 bits per heavy atom. The van der Waals surface area contributed by atoms with E-state index in [4.69, 9.17) is 18.9 Å². The summed E-state index contributed by atoms with van der Waals surface area (Å²) < 4.78 is 22.9. The molecule has 0 radical (unpaired) electrons. The van der Waals surface area contributed by atoms with Gasteiger partial charge in [0, 0.05) is 6.42 Å². The van der Waals surface area contributed by atoms with Crippen LogP contribution in [0.15, 0.2) is 48.6 Å². The van der Waals surface area contributed by atoms with Crippen molar-refractivity contribution in [3.8, 4) is 0 Å². The number of carbonyl (C=O) groups excluding carboxylic acids is 1. The standard InChI is InChI=1S/C62H113NO13/c1-3-5-7-9-11-13-15-17-19-21-22-23-24-25-26-27-28-30-32-34-36-38-40-42-44-46-54(67)63-50(51(66)45-43-41-39-37-35-33-31-29-20-18-16-14-12-10-8-6-4-2)49-73-61-59(72)57(70)60(53(48-65)75-61)76-62-58(71)56(69)55(68)52(47-64)74-62/h5,7,11,13,17,19,22-23,50-53,55-62,64-66,68-72H,3-4,6,8-10,12,14-16,18,20-21,24-49H2,1-2H3,(H,63,67)/b7-5-,13-11-,19-17-,23-22-. The second kappa shape index (κ2) is 47.7. The minimum atomic E-state index is -1.78. The maximum Gasteiger partial charge on any atom is 0.220 e. The Morgan fingerprint density at radius 2 is 0.908 bits per heavy atom. The number of rotatable bonds is 49. The number of aliphatic hydroxyl groups is 8. The van der Waals surface area contributed by atoms with Crippen LogP contribution in [0.25, 0.3) is 0 Å². The number of amides is 1. The molecular weight excluding hydrogens is 967 g/mol. The number of nitrogens with one attached hydrogen (secondary N) is 1. The van der Waals surface area contributed by atoms with E-state index in [1.54, 1.807) is 0 Å². The van der Waals surface area contributed by atoms with Gasteiger partial charge in [0.25, 0.3) is 0 Å². The van der Waals surface area contributed by atoms with Gasteiger partial charge >= 0.3 is 0 Å². The average Bonchev–Trinajstić information content (AvgIpc) is 3.42. The van der Waals surface area contributed by atoms with Crippen molar-refractivity contribution < 1.29 is 64.6 Å². The largest absolute Gasteiger partial charge is 0.394 e. The maximum atomic E-state index is 13.3. The van der Waals surface area contributed by atoms with E-state index in [-0.39, 0.29) is 12.5 Å². The topological polar surface area (TPSA) is 228 Å². The molecule has 2 rings (SSSR count). The van der Waals surface area contributed by atoms with Gasteiger partial charge in [-0.2, -0.15) is 0 Å². The Hall–Kier alpha value is -2.05. The molecular formula is C62H113NO13. The summed E-state index contributed by atoms with van der Waals surface area (Å²) in [7, 11) is 0. The van der Waals surface area contributed by atoms with Crippen molar-refractivity contribution in [1.82, 2.24) is 5.32 Å². The highest BCUT2D eigenvalue weighted by atomic mass is 16.7. The monoisotopic (exact) mass is 1080 g/mol. The highest BCUT2D eigenvalue weighted by Crippen LogP contribution is 2.30. The van der Waals surface area contributed by atoms with Crippen LogP contribution in [0.1, 0.15) is 245 Å². The van der Waals surface area contributed by atoms with Gasteiger partial charge in [-0.3, -0.25) is 4.79 Å². The van der Waals surface area contributed by atoms with Gasteiger partial charge in [-0.15, -0.1) is 0 Å². The molecule has 444 valence electrons. The second-order valence-electron chi connectivity index (χ2n) is 21.8. The number of carbonyl (C=O) groups is 1. The van der Waals surface area contributed by atoms with Crippen LogP contribution < -0.4 is 5.32 Å². The summed E-state index contributed by atoms with van der Waals surface area (Å²) >= 11 is 0. The molecule has 0 aromatic heterocycles. The number of aliphatic hydroxyl groups excluding tert-OH is 8. The minimum absolute atomic E-state index is 0.208. The lowest BCUT2D eigenvalue weighted by Gasteiger charge is -2.46. The molecule has 0 aromatic carbocycles. The van der Waals surface area contributed by atoms with Crippen LogP contribution in [-0.4, -0.2) is 140 Å². The third kappa shape index (κ3) is 32.9. The van der Waals surface area contributed by atoms with Crippen LogP contribution in [-0.2, 0) is 23.7 Å². The third-order valence-electron chi connectivity index (χ3n) is 15.1. The summed E-state index contributed by atoms with van der Waals surface area (Å²) in [4.78, 5) is 13.3. The zero-order valence-electron chi connectivity index (χ0n) is 47.7. The lowest BCUT2D eigenvalue weighted by Crippen LogP contribution is -2.65. The molecule has 0 aromatic rings. The SMILES string of the molecule is CC/C=C\C/C=C\C/C=C\C/C=C\CCCCCCCCCCCCCCC(=O)NC(COC1OC(CO)C(OC2OC(CO)C(O)C(O)C2O)C(O)C1O)C(O)CCCCCCCCCCCCCCCCCCC. The molecule has 1 amide bonds. The van der Waals surface area contributed by atoms with E-state index < -0.39 is 86.8 Å². The Labute approximate surface area is 461 Å². The summed E-state index contributed by atoms with van der Waals surface area (Å²) in [5.41, 5.74) is 0. The van der Waals surface area contributed by atoms with Gasteiger partial charge in [-0.25, -0.2) is 0 Å². The molecule has 2 saturated heterocycles. The summed E-state index contributed by atoms with van der Waals surface area (Å²) in [6.07, 6.45) is 42.5. The van der Waals surface area contributed by atoms with Crippen molar-refractivity contribution in [3.05, 3.63) is 48.6 Å². The van der Waals surface area contributed by atoms with E-state index in [2.05, 4.69) is 67.8 Å². The van der Waals surface area contributed by atoms with Crippen LogP contribution in [0.3, 0.4) is 0 Å². The minimum Gasteiger partial charge on any atom is -0.394 e. The fraction of sp³-hybridized carbons (Fsp3) is 0.855. The van der Waals surface area contributed by atoms with Crippen molar-refractivity contribution in [2.45, 2.75) is 319 Å². The van der Waals surface area contributed by atoms with Crippen molar-refractivity contribution in [2.75, 3.05) is 19.8 Å². The Bertz CT molecular complexity index is 1460. The van der Waals surface area contributed by atoms with E-state index in [0.717, 1.165) is 83.5 Å². The molecule has 76 heavy (non-hydrogen) atoms. The van der Waals surface area contributed by atoms with Gasteiger partial charge in [0.05, 0.1) is 32.0 Å². The molecule has 0 aliphatic carbocycles. The lowest BCUT2D eigenvalue weighted by molar-refractivity contribution is -0.359. The zero-order valence-corrected chi connectivity index (χ0v) is 47.7. The number of hydrogen-bond acceptors (Lipinski definition) is 13. The van der Waals surface area contributed by atoms with E-state index >= 15 is 0 Å². The van der Waals surface area contributed by atoms with Crippen LogP contribution >= 0.6 is 0 Å². The number of hydrogen-bond donors (Lipinski definition) is 9. The number of ether oxygens (including phenoxy) is 4. The average molecular weight is 1080 g/mol. The smallest absolute Gasteiger partial charge is 0.220 e. The van der Waals surface area contributed by atoms with E-state index in [9.17, 15) is 45.6 Å². The summed E-state index contributed by atoms with van der Waals surface area (Å²) in [6.45, 7) is 2.76. The Balaban J connectivity index is 1.72. The summed E-state index contributed by atoms with van der Waals surface area (Å²) in [6, 6.07) is -0.831. The van der Waals surface area contributed by atoms with E-state index in [0.29, 0.717) is 12.8 Å². The number of unbranched alkanes of at least 4 members (excludes halogenated alkanes) is 28. The first-order valence-corrected chi connectivity index (χ1v) is 30.9. The van der Waals surface area contributed by atoms with Gasteiger partial charge in [0.15, 0.2) is 12.6 Å². The first kappa shape index (κ1) is 70.1. The molecule has 9 N–H and O–H groups in total. The summed E-state index contributed by atoms with van der Waals surface area (Å²) in [5.74, 6) is -0.208. The van der Waals surface area contributed by atoms with Crippen molar-refractivity contribution >= 4 is 5.91 Å². The molecule has 2 aliphatic heterocycles. The quantitative estimate of drug-likeness (QED) is 0.0204. The molecule has 0 spiro atoms. The first-order chi connectivity index (χ1) is 37.1. The lowest BCUT2D eigenvalue weighted by atomic mass is 9.97. The van der Waals surface area contributed by atoms with Gasteiger partial charge < -0.3 is 65.1 Å². The van der Waals surface area contributed by atoms with E-state index in [1.807, 2.05) is 0 Å². The molecule has 14 heteroatoms.